The summed E-state index contributed by atoms with van der Waals surface area (Å²) in [4.78, 5) is 26.9. The van der Waals surface area contributed by atoms with Crippen LogP contribution in [0.3, 0.4) is 0 Å². The van der Waals surface area contributed by atoms with E-state index < -0.39 is 43.9 Å². The summed E-state index contributed by atoms with van der Waals surface area (Å²) in [6.45, 7) is 40.6. The first-order valence-corrected chi connectivity index (χ1v) is 36.8. The van der Waals surface area contributed by atoms with Crippen LogP contribution >= 0.6 is 0 Å². The molecule has 0 aliphatic heterocycles. The van der Waals surface area contributed by atoms with Gasteiger partial charge in [0.15, 0.2) is 0 Å². The molecule has 1 aliphatic rings. The fourth-order valence-corrected chi connectivity index (χ4v) is 13.9. The number of carbonyl (C=O) groups is 2. The van der Waals surface area contributed by atoms with Crippen LogP contribution in [0.4, 0.5) is 0 Å². The lowest BCUT2D eigenvalue weighted by molar-refractivity contribution is -0.123. The molecule has 7 rings (SSSR count). The summed E-state index contributed by atoms with van der Waals surface area (Å²) in [5.41, 5.74) is 14.0. The number of fused-ring (bicyclic) bond motifs is 8. The highest BCUT2D eigenvalue weighted by molar-refractivity contribution is 7.89. The fraction of sp³-hybridized carbons (Fsp3) is 0.513. The van der Waals surface area contributed by atoms with Gasteiger partial charge in [-0.05, 0) is 179 Å². The molecular formula is C78H108N4O10S2. The lowest BCUT2D eigenvalue weighted by atomic mass is 9.79. The summed E-state index contributed by atoms with van der Waals surface area (Å²) in [5, 5.41) is 5.90. The van der Waals surface area contributed by atoms with E-state index in [1.807, 2.05) is 13.8 Å². The fourth-order valence-electron chi connectivity index (χ4n) is 11.4. The van der Waals surface area contributed by atoms with Gasteiger partial charge in [-0.2, -0.15) is 9.44 Å². The van der Waals surface area contributed by atoms with Crippen LogP contribution in [0.2, 0.25) is 0 Å². The van der Waals surface area contributed by atoms with Crippen LogP contribution in [-0.4, -0.2) is 80.3 Å². The highest BCUT2D eigenvalue weighted by Crippen LogP contribution is 2.45. The van der Waals surface area contributed by atoms with Crippen molar-refractivity contribution in [2.75, 3.05) is 39.5 Å². The Labute approximate surface area is 564 Å². The number of amides is 2. The predicted molar refractivity (Wildman–Crippen MR) is 381 cm³/mol. The number of carbonyl (C=O) groups excluding carboxylic acids is 2. The van der Waals surface area contributed by atoms with Crippen molar-refractivity contribution in [1.82, 2.24) is 20.1 Å². The predicted octanol–water partition coefficient (Wildman–Crippen LogP) is 15.0. The average Bonchev–Trinajstić information content (AvgIpc) is 0.800. The summed E-state index contributed by atoms with van der Waals surface area (Å²) in [5.74, 6) is 2.49. The van der Waals surface area contributed by atoms with Crippen molar-refractivity contribution in [3.63, 3.8) is 0 Å². The molecule has 0 radical (unpaired) electrons. The average molecular weight is 1330 g/mol. The van der Waals surface area contributed by atoms with Crippen molar-refractivity contribution >= 4 is 31.9 Å². The SMILES string of the molecule is CCCOc1c2cc(C(C)(C)C)cc1Cc1cc(C(C)(C)C)cc(c1OCCCCNC(=O)[C@@H](C)NS(=O)(=O)c1ccc(C)cc1)Cc1cc(C(C)(C)C)cc(c1OCCC)Cc1cc(C(C)(C)C)cc(c1OCCCCNC(=O)[C@@H](C)NS(=O)(=O)c1ccc(C)cc1)C2. The quantitative estimate of drug-likeness (QED) is 0.0380. The molecule has 94 heavy (non-hydrogen) atoms. The van der Waals surface area contributed by atoms with E-state index in [0.29, 0.717) is 90.9 Å². The third kappa shape index (κ3) is 20.2. The van der Waals surface area contributed by atoms with Gasteiger partial charge < -0.3 is 29.6 Å². The number of aryl methyl sites for hydroxylation is 2. The Morgan fingerprint density at radius 3 is 0.851 bits per heavy atom. The molecule has 8 bridgehead atoms. The Hall–Kier alpha value is -6.72. The number of ether oxygens (including phenoxy) is 4. The summed E-state index contributed by atoms with van der Waals surface area (Å²) in [6.07, 6.45) is 6.04. The van der Waals surface area contributed by atoms with Crippen molar-refractivity contribution in [2.24, 2.45) is 0 Å². The number of nitrogens with one attached hydrogen (secondary N) is 4. The summed E-state index contributed by atoms with van der Waals surface area (Å²) >= 11 is 0. The van der Waals surface area contributed by atoms with Gasteiger partial charge in [0, 0.05) is 38.8 Å². The molecule has 0 spiro atoms. The van der Waals surface area contributed by atoms with E-state index in [0.717, 1.165) is 91.5 Å². The van der Waals surface area contributed by atoms with E-state index in [2.05, 4.69) is 166 Å². The second kappa shape index (κ2) is 31.4. The second-order valence-electron chi connectivity index (χ2n) is 29.9. The van der Waals surface area contributed by atoms with Crippen LogP contribution in [0.25, 0.3) is 0 Å². The third-order valence-electron chi connectivity index (χ3n) is 17.2. The molecule has 6 aromatic carbocycles. The smallest absolute Gasteiger partial charge is 0.241 e. The van der Waals surface area contributed by atoms with Crippen LogP contribution in [-0.2, 0) is 77.0 Å². The molecule has 6 aromatic rings. The topological polar surface area (TPSA) is 187 Å². The Morgan fingerprint density at radius 1 is 0.394 bits per heavy atom. The maximum Gasteiger partial charge on any atom is 0.241 e. The largest absolute Gasteiger partial charge is 0.493 e. The van der Waals surface area contributed by atoms with Gasteiger partial charge in [-0.15, -0.1) is 0 Å². The molecule has 0 unspecified atom stereocenters. The number of benzene rings is 6. The molecule has 14 nitrogen and oxygen atoms in total. The molecule has 4 N–H and O–H groups in total. The van der Waals surface area contributed by atoms with Crippen molar-refractivity contribution < 1.29 is 45.4 Å². The minimum absolute atomic E-state index is 0.104. The van der Waals surface area contributed by atoms with E-state index in [-0.39, 0.29) is 31.5 Å². The number of rotatable bonds is 26. The lowest BCUT2D eigenvalue weighted by Gasteiger charge is -2.29. The zero-order chi connectivity index (χ0) is 69.1. The van der Waals surface area contributed by atoms with Crippen molar-refractivity contribution in [3.05, 3.63) is 175 Å². The molecule has 2 amide bonds. The number of hydrogen-bond acceptors (Lipinski definition) is 10. The first-order chi connectivity index (χ1) is 44.0. The third-order valence-corrected chi connectivity index (χ3v) is 20.3. The maximum atomic E-state index is 13.3. The van der Waals surface area contributed by atoms with Crippen molar-refractivity contribution in [3.8, 4) is 23.0 Å². The Morgan fingerprint density at radius 2 is 0.628 bits per heavy atom. The van der Waals surface area contributed by atoms with Crippen LogP contribution in [0.5, 0.6) is 23.0 Å². The first-order valence-electron chi connectivity index (χ1n) is 33.9. The highest BCUT2D eigenvalue weighted by Gasteiger charge is 2.31. The van der Waals surface area contributed by atoms with Crippen molar-refractivity contribution in [1.29, 1.82) is 0 Å². The van der Waals surface area contributed by atoms with E-state index in [4.69, 9.17) is 18.9 Å². The monoisotopic (exact) mass is 1320 g/mol. The van der Waals surface area contributed by atoms with Gasteiger partial charge in [0.2, 0.25) is 31.9 Å². The first kappa shape index (κ1) is 74.7. The Kier molecular flexibility index (Phi) is 25.0. The zero-order valence-electron chi connectivity index (χ0n) is 59.6. The van der Waals surface area contributed by atoms with E-state index in [9.17, 15) is 26.4 Å². The second-order valence-corrected chi connectivity index (χ2v) is 33.3. The van der Waals surface area contributed by atoms with Gasteiger partial charge in [0.05, 0.1) is 48.3 Å². The Balaban J connectivity index is 1.31. The number of sulfonamides is 2. The minimum Gasteiger partial charge on any atom is -0.493 e. The number of hydrogen-bond donors (Lipinski definition) is 4. The molecule has 2 atom stereocenters. The van der Waals surface area contributed by atoms with E-state index >= 15 is 0 Å². The molecular weight excluding hydrogens is 1220 g/mol. The zero-order valence-corrected chi connectivity index (χ0v) is 61.2. The van der Waals surface area contributed by atoms with Crippen LogP contribution in [0.1, 0.15) is 227 Å². The van der Waals surface area contributed by atoms with E-state index in [1.54, 1.807) is 38.1 Å². The molecule has 512 valence electrons. The molecule has 1 aliphatic carbocycles. The van der Waals surface area contributed by atoms with Gasteiger partial charge in [-0.25, -0.2) is 16.8 Å². The van der Waals surface area contributed by atoms with Gasteiger partial charge in [-0.1, -0.05) is 181 Å². The summed E-state index contributed by atoms with van der Waals surface area (Å²) in [6, 6.07) is 29.7. The molecule has 0 aromatic heterocycles. The summed E-state index contributed by atoms with van der Waals surface area (Å²) < 4.78 is 86.3. The van der Waals surface area contributed by atoms with E-state index in [1.165, 1.54) is 46.5 Å². The summed E-state index contributed by atoms with van der Waals surface area (Å²) in [7, 11) is -7.82. The number of unbranched alkanes of at least 4 members (excludes halogenated alkanes) is 2. The highest BCUT2D eigenvalue weighted by atomic mass is 32.2. The molecule has 0 heterocycles. The van der Waals surface area contributed by atoms with Crippen molar-refractivity contribution in [2.45, 2.75) is 232 Å². The van der Waals surface area contributed by atoms with Crippen LogP contribution in [0.15, 0.2) is 107 Å². The van der Waals surface area contributed by atoms with Gasteiger partial charge in [-0.3, -0.25) is 9.59 Å². The van der Waals surface area contributed by atoms with Gasteiger partial charge in [0.1, 0.15) is 23.0 Å². The molecule has 0 saturated heterocycles. The lowest BCUT2D eigenvalue weighted by Crippen LogP contribution is -2.45. The standard InChI is InChI=1S/C78H108N4O10S2/c1-19-35-89-69-55-39-59-47-65(77(13,14)15)49-61(71(59)91-37-23-21-33-79-73(83)53(5)81-93(85,86)67-29-25-51(3)26-30-67)41-57-45-64(76(10,11)12)46-58(70(57)90-36-20-2)42-62-50-66(78(16,17)18)48-60(40-56(69)44-63(43-55)75(7,8)9)72(62)92-38-24-22-34-80-74(84)54(6)82-94(87,88)68-31-27-52(4)28-32-68/h25-32,43-50,53-54,81-82H,19-24,33-42H2,1-18H3,(H,79,83)(H,80,84)/t53-,54-/m1/s1. The van der Waals surface area contributed by atoms with Gasteiger partial charge in [0.25, 0.3) is 0 Å². The van der Waals surface area contributed by atoms with Crippen LogP contribution in [0, 0.1) is 13.8 Å². The maximum absolute atomic E-state index is 13.3. The Bertz CT molecular complexity index is 3480. The normalized spacial score (nSPS) is 13.8. The van der Waals surface area contributed by atoms with Crippen LogP contribution < -0.4 is 39.0 Å². The molecule has 0 fully saturated rings. The molecule has 0 saturated carbocycles. The molecule has 16 heteroatoms. The minimum atomic E-state index is -3.91. The van der Waals surface area contributed by atoms with Gasteiger partial charge >= 0.3 is 0 Å².